The third-order valence-electron chi connectivity index (χ3n) is 4.05. The average molecular weight is 378 g/mol. The van der Waals surface area contributed by atoms with Crippen LogP contribution in [0, 0.1) is 5.82 Å². The number of rotatable bonds is 5. The van der Waals surface area contributed by atoms with Gasteiger partial charge >= 0.3 is 6.03 Å². The maximum absolute atomic E-state index is 14.4. The van der Waals surface area contributed by atoms with Crippen molar-refractivity contribution in [1.82, 2.24) is 10.3 Å². The third-order valence-corrected chi connectivity index (χ3v) is 5.91. The number of hydrogen-bond donors (Lipinski definition) is 3. The number of amides is 2. The van der Waals surface area contributed by atoms with Crippen molar-refractivity contribution in [3.8, 4) is 11.5 Å². The number of nitrogens with one attached hydrogen (secondary N) is 3. The van der Waals surface area contributed by atoms with Crippen LogP contribution in [-0.4, -0.2) is 24.7 Å². The van der Waals surface area contributed by atoms with E-state index in [1.165, 1.54) is 18.3 Å². The molecular formula is C16H15FN4O4S. The zero-order valence-electron chi connectivity index (χ0n) is 13.5. The molecule has 1 aliphatic carbocycles. The van der Waals surface area contributed by atoms with E-state index < -0.39 is 21.1 Å². The molecule has 2 heterocycles. The summed E-state index contributed by atoms with van der Waals surface area (Å²) in [4.78, 5) is 15.4. The van der Waals surface area contributed by atoms with E-state index in [1.807, 2.05) is 0 Å². The van der Waals surface area contributed by atoms with Gasteiger partial charge in [-0.2, -0.15) is 0 Å². The Morgan fingerprint density at radius 1 is 1.23 bits per heavy atom. The lowest BCUT2D eigenvalue weighted by Crippen LogP contribution is -2.34. The second-order valence-corrected chi connectivity index (χ2v) is 8.00. The molecule has 8 nitrogen and oxygen atoms in total. The standard InChI is InChI=1S/C16H15FN4O4S/c17-12-7-9(21-26(23,24)10-2-3-10)1-4-14(12)25-13-5-6-18-15-11(13)8-19-16(22)20-15/h1,4-7,10,21H,2-3,8H2,(H2,18,19,20,22). The first-order valence-electron chi connectivity index (χ1n) is 7.94. The Kier molecular flexibility index (Phi) is 3.91. The SMILES string of the molecule is O=C1NCc2c(Oc3ccc(NS(=O)(=O)C4CC4)cc3F)ccnc2N1. The Balaban J connectivity index is 1.56. The van der Waals surface area contributed by atoms with Crippen molar-refractivity contribution < 1.29 is 22.3 Å². The number of carbonyl (C=O) groups is 1. The highest BCUT2D eigenvalue weighted by Crippen LogP contribution is 2.34. The molecule has 4 rings (SSSR count). The van der Waals surface area contributed by atoms with Crippen LogP contribution in [0.25, 0.3) is 0 Å². The molecule has 0 radical (unpaired) electrons. The summed E-state index contributed by atoms with van der Waals surface area (Å²) in [5.41, 5.74) is 0.734. The zero-order chi connectivity index (χ0) is 18.3. The predicted molar refractivity (Wildman–Crippen MR) is 92.1 cm³/mol. The molecule has 1 aromatic carbocycles. The van der Waals surface area contributed by atoms with Gasteiger partial charge in [0.15, 0.2) is 11.6 Å². The second-order valence-electron chi connectivity index (χ2n) is 6.04. The summed E-state index contributed by atoms with van der Waals surface area (Å²) in [6.45, 7) is 0.200. The number of aromatic nitrogens is 1. The average Bonchev–Trinajstić information content (AvgIpc) is 3.42. The zero-order valence-corrected chi connectivity index (χ0v) is 14.3. The Bertz CT molecular complexity index is 992. The van der Waals surface area contributed by atoms with Crippen LogP contribution >= 0.6 is 0 Å². The Morgan fingerprint density at radius 3 is 2.77 bits per heavy atom. The molecule has 1 aliphatic heterocycles. The quantitative estimate of drug-likeness (QED) is 0.741. The molecule has 1 aromatic heterocycles. The number of fused-ring (bicyclic) bond motifs is 1. The van der Waals surface area contributed by atoms with E-state index in [9.17, 15) is 17.6 Å². The third kappa shape index (κ3) is 3.27. The molecule has 3 N–H and O–H groups in total. The molecule has 0 unspecified atom stereocenters. The van der Waals surface area contributed by atoms with Crippen molar-refractivity contribution in [3.05, 3.63) is 41.8 Å². The largest absolute Gasteiger partial charge is 0.454 e. The van der Waals surface area contributed by atoms with Crippen LogP contribution < -0.4 is 20.1 Å². The van der Waals surface area contributed by atoms with E-state index in [0.29, 0.717) is 30.0 Å². The van der Waals surface area contributed by atoms with Gasteiger partial charge in [0.25, 0.3) is 0 Å². The van der Waals surface area contributed by atoms with Gasteiger partial charge in [-0.05, 0) is 31.0 Å². The number of hydrogen-bond acceptors (Lipinski definition) is 5. The van der Waals surface area contributed by atoms with E-state index in [0.717, 1.165) is 6.07 Å². The molecule has 2 aliphatic rings. The summed E-state index contributed by atoms with van der Waals surface area (Å²) in [7, 11) is -3.46. The summed E-state index contributed by atoms with van der Waals surface area (Å²) in [5, 5.41) is 4.73. The molecule has 1 fully saturated rings. The molecule has 0 atom stereocenters. The molecular weight excluding hydrogens is 363 g/mol. The number of sulfonamides is 1. The molecule has 0 saturated heterocycles. The van der Waals surface area contributed by atoms with Gasteiger partial charge in [-0.3, -0.25) is 10.0 Å². The van der Waals surface area contributed by atoms with Gasteiger partial charge in [0, 0.05) is 12.3 Å². The minimum atomic E-state index is -3.46. The molecule has 10 heteroatoms. The number of anilines is 2. The number of benzene rings is 1. The number of pyridine rings is 1. The normalized spacial score (nSPS) is 16.3. The van der Waals surface area contributed by atoms with Gasteiger partial charge < -0.3 is 10.1 Å². The molecule has 26 heavy (non-hydrogen) atoms. The lowest BCUT2D eigenvalue weighted by molar-refractivity contribution is 0.250. The van der Waals surface area contributed by atoms with Crippen molar-refractivity contribution in [1.29, 1.82) is 0 Å². The van der Waals surface area contributed by atoms with Crippen LogP contribution in [0.1, 0.15) is 18.4 Å². The molecule has 1 saturated carbocycles. The summed E-state index contributed by atoms with van der Waals surface area (Å²) in [6.07, 6.45) is 2.68. The van der Waals surface area contributed by atoms with Crippen LogP contribution in [0.4, 0.5) is 20.7 Å². The lowest BCUT2D eigenvalue weighted by atomic mass is 10.2. The lowest BCUT2D eigenvalue weighted by Gasteiger charge is -2.20. The molecule has 136 valence electrons. The topological polar surface area (TPSA) is 109 Å². The Morgan fingerprint density at radius 2 is 2.04 bits per heavy atom. The van der Waals surface area contributed by atoms with Crippen molar-refractivity contribution >= 4 is 27.6 Å². The van der Waals surface area contributed by atoms with E-state index in [-0.39, 0.29) is 24.0 Å². The highest BCUT2D eigenvalue weighted by Gasteiger charge is 2.35. The van der Waals surface area contributed by atoms with E-state index in [2.05, 4.69) is 20.3 Å². The van der Waals surface area contributed by atoms with Crippen molar-refractivity contribution in [2.45, 2.75) is 24.6 Å². The van der Waals surface area contributed by atoms with Crippen LogP contribution in [-0.2, 0) is 16.6 Å². The van der Waals surface area contributed by atoms with Gasteiger partial charge in [0.2, 0.25) is 10.0 Å². The Hall–Kier alpha value is -2.88. The highest BCUT2D eigenvalue weighted by atomic mass is 32.2. The minimum absolute atomic E-state index is 0.0651. The summed E-state index contributed by atoms with van der Waals surface area (Å²) >= 11 is 0. The van der Waals surface area contributed by atoms with Gasteiger partial charge in [-0.15, -0.1) is 0 Å². The molecule has 0 spiro atoms. The first-order chi connectivity index (χ1) is 12.4. The molecule has 0 bridgehead atoms. The predicted octanol–water partition coefficient (Wildman–Crippen LogP) is 2.55. The Labute approximate surface area is 148 Å². The smallest absolute Gasteiger partial charge is 0.320 e. The van der Waals surface area contributed by atoms with E-state index >= 15 is 0 Å². The molecule has 2 aromatic rings. The van der Waals surface area contributed by atoms with Crippen molar-refractivity contribution in [3.63, 3.8) is 0 Å². The fraction of sp³-hybridized carbons (Fsp3) is 0.250. The van der Waals surface area contributed by atoms with Gasteiger partial charge in [-0.25, -0.2) is 22.6 Å². The number of nitrogens with zero attached hydrogens (tertiary/aromatic N) is 1. The first kappa shape index (κ1) is 16.6. The van der Waals surface area contributed by atoms with Gasteiger partial charge in [-0.1, -0.05) is 0 Å². The fourth-order valence-corrected chi connectivity index (χ4v) is 3.94. The van der Waals surface area contributed by atoms with Crippen molar-refractivity contribution in [2.24, 2.45) is 0 Å². The van der Waals surface area contributed by atoms with Crippen LogP contribution in [0.2, 0.25) is 0 Å². The second kappa shape index (κ2) is 6.13. The monoisotopic (exact) mass is 378 g/mol. The summed E-state index contributed by atoms with van der Waals surface area (Å²) in [5.74, 6) is -0.0859. The van der Waals surface area contributed by atoms with Crippen LogP contribution in [0.15, 0.2) is 30.5 Å². The fourth-order valence-electron chi connectivity index (χ4n) is 2.56. The first-order valence-corrected chi connectivity index (χ1v) is 9.49. The summed E-state index contributed by atoms with van der Waals surface area (Å²) in [6, 6.07) is 5.04. The highest BCUT2D eigenvalue weighted by molar-refractivity contribution is 7.93. The summed E-state index contributed by atoms with van der Waals surface area (Å²) < 4.78 is 46.2. The number of ether oxygens (including phenoxy) is 1. The number of carbonyl (C=O) groups excluding carboxylic acids is 1. The maximum Gasteiger partial charge on any atom is 0.320 e. The van der Waals surface area contributed by atoms with E-state index in [4.69, 9.17) is 4.74 Å². The minimum Gasteiger partial charge on any atom is -0.454 e. The van der Waals surface area contributed by atoms with E-state index in [1.54, 1.807) is 6.07 Å². The van der Waals surface area contributed by atoms with Gasteiger partial charge in [0.1, 0.15) is 11.6 Å². The van der Waals surface area contributed by atoms with Crippen LogP contribution in [0.5, 0.6) is 11.5 Å². The maximum atomic E-state index is 14.4. The number of urea groups is 1. The molecule has 2 amide bonds. The van der Waals surface area contributed by atoms with Crippen LogP contribution in [0.3, 0.4) is 0 Å². The van der Waals surface area contributed by atoms with Gasteiger partial charge in [0.05, 0.1) is 23.0 Å². The number of halogens is 1. The van der Waals surface area contributed by atoms with Crippen molar-refractivity contribution in [2.75, 3.05) is 10.0 Å².